The lowest BCUT2D eigenvalue weighted by atomic mass is 10.1. The molecular weight excluding hydrogens is 306 g/mol. The van der Waals surface area contributed by atoms with Crippen LogP contribution in [0.5, 0.6) is 0 Å². The SMILES string of the molecule is O=[N+]([O-])c1c(Cl)ncnc1NCCc1cc(F)cc(F)c1. The monoisotopic (exact) mass is 314 g/mol. The van der Waals surface area contributed by atoms with Crippen LogP contribution in [0.25, 0.3) is 0 Å². The average Bonchev–Trinajstić information content (AvgIpc) is 2.37. The molecule has 0 saturated carbocycles. The molecule has 0 aliphatic rings. The van der Waals surface area contributed by atoms with Gasteiger partial charge in [0.05, 0.1) is 4.92 Å². The van der Waals surface area contributed by atoms with E-state index in [2.05, 4.69) is 15.3 Å². The summed E-state index contributed by atoms with van der Waals surface area (Å²) in [6.45, 7) is 0.192. The zero-order chi connectivity index (χ0) is 15.4. The number of halogens is 3. The van der Waals surface area contributed by atoms with Gasteiger partial charge in [0, 0.05) is 12.6 Å². The van der Waals surface area contributed by atoms with E-state index in [0.29, 0.717) is 5.56 Å². The number of nitro groups is 1. The van der Waals surface area contributed by atoms with E-state index in [1.54, 1.807) is 0 Å². The van der Waals surface area contributed by atoms with E-state index in [1.807, 2.05) is 0 Å². The molecule has 2 aromatic rings. The van der Waals surface area contributed by atoms with Crippen LogP contribution in [0.2, 0.25) is 5.15 Å². The van der Waals surface area contributed by atoms with Crippen LogP contribution in [0.15, 0.2) is 24.5 Å². The van der Waals surface area contributed by atoms with E-state index in [-0.39, 0.29) is 23.9 Å². The Bertz CT molecular complexity index is 664. The van der Waals surface area contributed by atoms with Crippen LogP contribution < -0.4 is 5.32 Å². The molecule has 0 spiro atoms. The highest BCUT2D eigenvalue weighted by atomic mass is 35.5. The number of benzene rings is 1. The Hall–Kier alpha value is -2.35. The van der Waals surface area contributed by atoms with Crippen LogP contribution in [-0.4, -0.2) is 21.4 Å². The molecule has 0 aliphatic carbocycles. The molecule has 110 valence electrons. The van der Waals surface area contributed by atoms with Crippen molar-refractivity contribution in [2.24, 2.45) is 0 Å². The van der Waals surface area contributed by atoms with Crippen molar-refractivity contribution < 1.29 is 13.7 Å². The number of hydrogen-bond acceptors (Lipinski definition) is 5. The Labute approximate surface area is 122 Å². The Morgan fingerprint density at radius 2 is 1.90 bits per heavy atom. The van der Waals surface area contributed by atoms with Crippen molar-refractivity contribution in [2.45, 2.75) is 6.42 Å². The smallest absolute Gasteiger partial charge is 0.348 e. The highest BCUT2D eigenvalue weighted by molar-refractivity contribution is 6.31. The highest BCUT2D eigenvalue weighted by Gasteiger charge is 2.20. The molecule has 1 aromatic carbocycles. The molecule has 0 amide bonds. The maximum absolute atomic E-state index is 13.0. The van der Waals surface area contributed by atoms with E-state index in [0.717, 1.165) is 12.4 Å². The van der Waals surface area contributed by atoms with Crippen LogP contribution in [0, 0.1) is 21.7 Å². The molecule has 1 N–H and O–H groups in total. The number of hydrogen-bond donors (Lipinski definition) is 1. The maximum atomic E-state index is 13.0. The molecule has 0 radical (unpaired) electrons. The second kappa shape index (κ2) is 6.40. The van der Waals surface area contributed by atoms with Crippen molar-refractivity contribution in [3.05, 3.63) is 57.0 Å². The fourth-order valence-corrected chi connectivity index (χ4v) is 1.93. The second-order valence-corrected chi connectivity index (χ2v) is 4.43. The molecule has 0 saturated heterocycles. The van der Waals surface area contributed by atoms with Crippen LogP contribution in [0.3, 0.4) is 0 Å². The van der Waals surface area contributed by atoms with E-state index in [9.17, 15) is 18.9 Å². The van der Waals surface area contributed by atoms with Gasteiger partial charge in [0.2, 0.25) is 11.0 Å². The third kappa shape index (κ3) is 3.82. The minimum Gasteiger partial charge on any atom is -0.364 e. The van der Waals surface area contributed by atoms with Gasteiger partial charge in [-0.2, -0.15) is 0 Å². The van der Waals surface area contributed by atoms with Gasteiger partial charge in [-0.1, -0.05) is 11.6 Å². The molecule has 21 heavy (non-hydrogen) atoms. The number of anilines is 1. The molecule has 9 heteroatoms. The van der Waals surface area contributed by atoms with E-state index >= 15 is 0 Å². The minimum atomic E-state index is -0.702. The summed E-state index contributed by atoms with van der Waals surface area (Å²) in [7, 11) is 0. The Morgan fingerprint density at radius 3 is 2.52 bits per heavy atom. The molecule has 0 bridgehead atoms. The summed E-state index contributed by atoms with van der Waals surface area (Å²) in [6.07, 6.45) is 1.34. The molecule has 0 atom stereocenters. The van der Waals surface area contributed by atoms with Gasteiger partial charge in [0.25, 0.3) is 0 Å². The van der Waals surface area contributed by atoms with Crippen molar-refractivity contribution in [3.63, 3.8) is 0 Å². The first kappa shape index (κ1) is 15.0. The molecule has 2 rings (SSSR count). The summed E-state index contributed by atoms with van der Waals surface area (Å²) in [4.78, 5) is 17.4. The van der Waals surface area contributed by atoms with Gasteiger partial charge >= 0.3 is 5.69 Å². The predicted octanol–water partition coefficient (Wildman–Crippen LogP) is 2.97. The molecule has 1 heterocycles. The lowest BCUT2D eigenvalue weighted by Gasteiger charge is -2.06. The third-order valence-electron chi connectivity index (χ3n) is 2.59. The molecular formula is C12H9ClF2N4O2. The maximum Gasteiger partial charge on any atom is 0.348 e. The summed E-state index contributed by atoms with van der Waals surface area (Å²) in [5.41, 5.74) is -0.0209. The van der Waals surface area contributed by atoms with Gasteiger partial charge in [0.15, 0.2) is 0 Å². The number of nitrogens with zero attached hydrogens (tertiary/aromatic N) is 3. The van der Waals surface area contributed by atoms with E-state index in [4.69, 9.17) is 11.6 Å². The Kier molecular flexibility index (Phi) is 4.59. The average molecular weight is 315 g/mol. The molecule has 0 fully saturated rings. The van der Waals surface area contributed by atoms with Crippen LogP contribution >= 0.6 is 11.6 Å². The van der Waals surface area contributed by atoms with Crippen molar-refractivity contribution in [3.8, 4) is 0 Å². The van der Waals surface area contributed by atoms with Crippen molar-refractivity contribution in [1.29, 1.82) is 0 Å². The summed E-state index contributed by atoms with van der Waals surface area (Å²) >= 11 is 5.63. The number of rotatable bonds is 5. The quantitative estimate of drug-likeness (QED) is 0.521. The van der Waals surface area contributed by atoms with Crippen molar-refractivity contribution in [1.82, 2.24) is 9.97 Å². The number of aromatic nitrogens is 2. The summed E-state index contributed by atoms with van der Waals surface area (Å²) in [6, 6.07) is 3.14. The zero-order valence-corrected chi connectivity index (χ0v) is 11.3. The van der Waals surface area contributed by atoms with Gasteiger partial charge in [-0.25, -0.2) is 18.7 Å². The van der Waals surface area contributed by atoms with Gasteiger partial charge in [-0.3, -0.25) is 10.1 Å². The predicted molar refractivity (Wildman–Crippen MR) is 72.2 cm³/mol. The van der Waals surface area contributed by atoms with E-state index in [1.165, 1.54) is 12.1 Å². The van der Waals surface area contributed by atoms with Gasteiger partial charge < -0.3 is 5.32 Å². The first-order chi connectivity index (χ1) is 9.97. The van der Waals surface area contributed by atoms with Gasteiger partial charge in [-0.15, -0.1) is 0 Å². The van der Waals surface area contributed by atoms with Crippen molar-refractivity contribution >= 4 is 23.1 Å². The summed E-state index contributed by atoms with van der Waals surface area (Å²) in [5.74, 6) is -1.40. The zero-order valence-electron chi connectivity index (χ0n) is 10.5. The van der Waals surface area contributed by atoms with Gasteiger partial charge in [0.1, 0.15) is 18.0 Å². The largest absolute Gasteiger partial charge is 0.364 e. The Balaban J connectivity index is 2.07. The fraction of sp³-hybridized carbons (Fsp3) is 0.167. The number of nitrogens with one attached hydrogen (secondary N) is 1. The first-order valence-electron chi connectivity index (χ1n) is 5.81. The van der Waals surface area contributed by atoms with Crippen LogP contribution in [0.4, 0.5) is 20.3 Å². The summed E-state index contributed by atoms with van der Waals surface area (Å²) in [5, 5.41) is 13.3. The lowest BCUT2D eigenvalue weighted by Crippen LogP contribution is -2.09. The first-order valence-corrected chi connectivity index (χ1v) is 6.19. The van der Waals surface area contributed by atoms with Crippen molar-refractivity contribution in [2.75, 3.05) is 11.9 Å². The van der Waals surface area contributed by atoms with Gasteiger partial charge in [-0.05, 0) is 24.1 Å². The standard InChI is InChI=1S/C12H9ClF2N4O2/c13-11-10(19(20)21)12(18-6-17-11)16-2-1-7-3-8(14)5-9(15)4-7/h3-6H,1-2H2,(H,16,17,18). The van der Waals surface area contributed by atoms with Crippen LogP contribution in [0.1, 0.15) is 5.56 Å². The Morgan fingerprint density at radius 1 is 1.24 bits per heavy atom. The minimum absolute atomic E-state index is 0.0446. The van der Waals surface area contributed by atoms with E-state index < -0.39 is 22.2 Å². The molecule has 1 aromatic heterocycles. The third-order valence-corrected chi connectivity index (χ3v) is 2.87. The normalized spacial score (nSPS) is 10.4. The molecule has 6 nitrogen and oxygen atoms in total. The lowest BCUT2D eigenvalue weighted by molar-refractivity contribution is -0.384. The second-order valence-electron chi connectivity index (χ2n) is 4.07. The summed E-state index contributed by atoms with van der Waals surface area (Å²) < 4.78 is 26.0. The topological polar surface area (TPSA) is 81.0 Å². The molecule has 0 unspecified atom stereocenters. The van der Waals surface area contributed by atoms with Crippen LogP contribution in [-0.2, 0) is 6.42 Å². The highest BCUT2D eigenvalue weighted by Crippen LogP contribution is 2.28. The molecule has 0 aliphatic heterocycles. The fourth-order valence-electron chi connectivity index (χ4n) is 1.73.